The summed E-state index contributed by atoms with van der Waals surface area (Å²) in [5.41, 5.74) is 0.592. The minimum absolute atomic E-state index is 0.115. The molecular weight excluding hydrogens is 235 g/mol. The standard InChI is InChI=1S/C13H19FN2O2/c1-10(13(17)15-7-4-8-18-2)16-12-6-3-5-11(14)9-12/h3,5-6,9-10,16H,4,7-8H2,1-2H3,(H,15,17). The van der Waals surface area contributed by atoms with Crippen molar-refractivity contribution in [3.05, 3.63) is 30.1 Å². The first kappa shape index (κ1) is 14.4. The Hall–Kier alpha value is -1.62. The molecule has 0 bridgehead atoms. The van der Waals surface area contributed by atoms with Crippen LogP contribution in [0.5, 0.6) is 0 Å². The van der Waals surface area contributed by atoms with E-state index in [0.717, 1.165) is 6.42 Å². The van der Waals surface area contributed by atoms with Gasteiger partial charge in [-0.25, -0.2) is 4.39 Å². The molecule has 0 aliphatic rings. The first-order chi connectivity index (χ1) is 8.63. The zero-order chi connectivity index (χ0) is 13.4. The smallest absolute Gasteiger partial charge is 0.242 e. The Bertz CT molecular complexity index is 385. The van der Waals surface area contributed by atoms with Gasteiger partial charge < -0.3 is 15.4 Å². The predicted molar refractivity (Wildman–Crippen MR) is 69.0 cm³/mol. The van der Waals surface area contributed by atoms with Crippen LogP contribution in [0.3, 0.4) is 0 Å². The summed E-state index contributed by atoms with van der Waals surface area (Å²) >= 11 is 0. The maximum absolute atomic E-state index is 13.0. The molecule has 18 heavy (non-hydrogen) atoms. The first-order valence-electron chi connectivity index (χ1n) is 5.92. The van der Waals surface area contributed by atoms with Crippen molar-refractivity contribution in [3.63, 3.8) is 0 Å². The molecule has 1 unspecified atom stereocenters. The number of amides is 1. The van der Waals surface area contributed by atoms with Crippen molar-refractivity contribution in [3.8, 4) is 0 Å². The quantitative estimate of drug-likeness (QED) is 0.729. The van der Waals surface area contributed by atoms with Gasteiger partial charge >= 0.3 is 0 Å². The summed E-state index contributed by atoms with van der Waals surface area (Å²) in [6.07, 6.45) is 0.773. The number of carbonyl (C=O) groups excluding carboxylic acids is 1. The van der Waals surface area contributed by atoms with Gasteiger partial charge in [0.15, 0.2) is 0 Å². The van der Waals surface area contributed by atoms with Gasteiger partial charge in [0.2, 0.25) is 5.91 Å². The monoisotopic (exact) mass is 254 g/mol. The summed E-state index contributed by atoms with van der Waals surface area (Å²) in [7, 11) is 1.62. The minimum Gasteiger partial charge on any atom is -0.385 e. The summed E-state index contributed by atoms with van der Waals surface area (Å²) in [5.74, 6) is -0.442. The van der Waals surface area contributed by atoms with E-state index >= 15 is 0 Å². The summed E-state index contributed by atoms with van der Waals surface area (Å²) in [6, 6.07) is 5.63. The van der Waals surface area contributed by atoms with E-state index in [1.807, 2.05) is 0 Å². The SMILES string of the molecule is COCCCNC(=O)C(C)Nc1cccc(F)c1. The largest absolute Gasteiger partial charge is 0.385 e. The number of methoxy groups -OCH3 is 1. The maximum atomic E-state index is 13.0. The Morgan fingerprint density at radius 2 is 2.28 bits per heavy atom. The number of rotatable bonds is 7. The molecule has 1 amide bonds. The first-order valence-corrected chi connectivity index (χ1v) is 5.92. The Balaban J connectivity index is 2.35. The van der Waals surface area contributed by atoms with Gasteiger partial charge in [0.1, 0.15) is 11.9 Å². The van der Waals surface area contributed by atoms with Crippen LogP contribution in [0.2, 0.25) is 0 Å². The van der Waals surface area contributed by atoms with Crippen LogP contribution in [-0.4, -0.2) is 32.2 Å². The van der Waals surface area contributed by atoms with Gasteiger partial charge in [0, 0.05) is 25.9 Å². The molecule has 2 N–H and O–H groups in total. The molecule has 0 saturated carbocycles. The second kappa shape index (κ2) is 7.66. The van der Waals surface area contributed by atoms with Gasteiger partial charge in [0.25, 0.3) is 0 Å². The van der Waals surface area contributed by atoms with E-state index < -0.39 is 6.04 Å². The van der Waals surface area contributed by atoms with E-state index in [1.165, 1.54) is 12.1 Å². The fourth-order valence-electron chi connectivity index (χ4n) is 1.47. The Morgan fingerprint density at radius 3 is 2.94 bits per heavy atom. The number of nitrogens with one attached hydrogen (secondary N) is 2. The lowest BCUT2D eigenvalue weighted by Crippen LogP contribution is -2.38. The average molecular weight is 254 g/mol. The molecule has 1 aromatic rings. The molecule has 0 spiro atoms. The van der Waals surface area contributed by atoms with Crippen LogP contribution in [0.4, 0.5) is 10.1 Å². The highest BCUT2D eigenvalue weighted by molar-refractivity contribution is 5.84. The van der Waals surface area contributed by atoms with Crippen LogP contribution < -0.4 is 10.6 Å². The van der Waals surface area contributed by atoms with Crippen LogP contribution in [0.25, 0.3) is 0 Å². The van der Waals surface area contributed by atoms with Gasteiger partial charge in [0.05, 0.1) is 0 Å². The van der Waals surface area contributed by atoms with E-state index in [2.05, 4.69) is 10.6 Å². The number of ether oxygens (including phenoxy) is 1. The Kier molecular flexibility index (Phi) is 6.14. The molecule has 0 aliphatic heterocycles. The van der Waals surface area contributed by atoms with Crippen LogP contribution in [0.15, 0.2) is 24.3 Å². The van der Waals surface area contributed by atoms with Crippen molar-refractivity contribution in [1.82, 2.24) is 5.32 Å². The second-order valence-corrected chi connectivity index (χ2v) is 4.01. The van der Waals surface area contributed by atoms with Crippen molar-refractivity contribution in [2.24, 2.45) is 0 Å². The van der Waals surface area contributed by atoms with Crippen molar-refractivity contribution in [2.75, 3.05) is 25.6 Å². The van der Waals surface area contributed by atoms with Crippen molar-refractivity contribution >= 4 is 11.6 Å². The second-order valence-electron chi connectivity index (χ2n) is 4.01. The molecule has 0 aromatic heterocycles. The van der Waals surface area contributed by atoms with Gasteiger partial charge in [-0.1, -0.05) is 6.07 Å². The molecule has 4 nitrogen and oxygen atoms in total. The normalized spacial score (nSPS) is 11.9. The molecule has 0 aliphatic carbocycles. The topological polar surface area (TPSA) is 50.4 Å². The lowest BCUT2D eigenvalue weighted by Gasteiger charge is -2.15. The van der Waals surface area contributed by atoms with Crippen LogP contribution in [-0.2, 0) is 9.53 Å². The molecule has 1 atom stereocenters. The molecule has 0 fully saturated rings. The average Bonchev–Trinajstić information content (AvgIpc) is 2.34. The van der Waals surface area contributed by atoms with Crippen LogP contribution in [0.1, 0.15) is 13.3 Å². The van der Waals surface area contributed by atoms with Crippen LogP contribution in [0, 0.1) is 5.82 Å². The molecule has 0 radical (unpaired) electrons. The highest BCUT2D eigenvalue weighted by atomic mass is 19.1. The lowest BCUT2D eigenvalue weighted by molar-refractivity contribution is -0.121. The molecular formula is C13H19FN2O2. The number of halogens is 1. The third kappa shape index (κ3) is 5.14. The highest BCUT2D eigenvalue weighted by Crippen LogP contribution is 2.10. The van der Waals surface area contributed by atoms with E-state index in [-0.39, 0.29) is 11.7 Å². The third-order valence-electron chi connectivity index (χ3n) is 2.43. The molecule has 1 aromatic carbocycles. The molecule has 5 heteroatoms. The minimum atomic E-state index is -0.408. The van der Waals surface area contributed by atoms with Gasteiger partial charge in [-0.2, -0.15) is 0 Å². The van der Waals surface area contributed by atoms with E-state index in [1.54, 1.807) is 26.2 Å². The Labute approximate surface area is 107 Å². The summed E-state index contributed by atoms with van der Waals surface area (Å²) in [4.78, 5) is 11.7. The summed E-state index contributed by atoms with van der Waals surface area (Å²) in [6.45, 7) is 2.92. The van der Waals surface area contributed by atoms with Gasteiger partial charge in [-0.05, 0) is 31.5 Å². The van der Waals surface area contributed by atoms with E-state index in [0.29, 0.717) is 18.8 Å². The zero-order valence-electron chi connectivity index (χ0n) is 10.7. The molecule has 0 saturated heterocycles. The zero-order valence-corrected chi connectivity index (χ0v) is 10.7. The fraction of sp³-hybridized carbons (Fsp3) is 0.462. The van der Waals surface area contributed by atoms with Crippen LogP contribution >= 0.6 is 0 Å². The number of anilines is 1. The fourth-order valence-corrected chi connectivity index (χ4v) is 1.47. The maximum Gasteiger partial charge on any atom is 0.242 e. The van der Waals surface area contributed by atoms with Gasteiger partial charge in [-0.15, -0.1) is 0 Å². The molecule has 1 rings (SSSR count). The lowest BCUT2D eigenvalue weighted by atomic mass is 10.2. The summed E-state index contributed by atoms with van der Waals surface area (Å²) in [5, 5.41) is 5.72. The number of carbonyl (C=O) groups is 1. The number of hydrogen-bond donors (Lipinski definition) is 2. The summed E-state index contributed by atoms with van der Waals surface area (Å²) < 4.78 is 17.8. The highest BCUT2D eigenvalue weighted by Gasteiger charge is 2.11. The third-order valence-corrected chi connectivity index (χ3v) is 2.43. The Morgan fingerprint density at radius 1 is 1.50 bits per heavy atom. The predicted octanol–water partition coefficient (Wildman–Crippen LogP) is 1.78. The van der Waals surface area contributed by atoms with Crippen molar-refractivity contribution < 1.29 is 13.9 Å². The number of hydrogen-bond acceptors (Lipinski definition) is 3. The van der Waals surface area contributed by atoms with E-state index in [4.69, 9.17) is 4.74 Å². The van der Waals surface area contributed by atoms with Gasteiger partial charge in [-0.3, -0.25) is 4.79 Å². The van der Waals surface area contributed by atoms with Crippen molar-refractivity contribution in [2.45, 2.75) is 19.4 Å². The number of benzene rings is 1. The van der Waals surface area contributed by atoms with Crippen molar-refractivity contribution in [1.29, 1.82) is 0 Å². The van der Waals surface area contributed by atoms with E-state index in [9.17, 15) is 9.18 Å². The molecule has 100 valence electrons. The molecule has 0 heterocycles.